The van der Waals surface area contributed by atoms with Crippen molar-refractivity contribution in [2.75, 3.05) is 19.7 Å². The molecule has 7 nitrogen and oxygen atoms in total. The summed E-state index contributed by atoms with van der Waals surface area (Å²) in [7, 11) is -4.08. The largest absolute Gasteiger partial charge is 0.444 e. The molecule has 2 rings (SSSR count). The number of carbonyl (C=O) groups excluding carboxylic acids is 1. The molecule has 1 heterocycles. The van der Waals surface area contributed by atoms with Gasteiger partial charge in [0.1, 0.15) is 10.5 Å². The molecule has 1 saturated heterocycles. The van der Waals surface area contributed by atoms with Gasteiger partial charge in [-0.3, -0.25) is 4.18 Å². The van der Waals surface area contributed by atoms with Crippen LogP contribution in [0.5, 0.6) is 0 Å². The second-order valence-electron chi connectivity index (χ2n) is 10.9. The summed E-state index contributed by atoms with van der Waals surface area (Å²) < 4.78 is 37.7. The van der Waals surface area contributed by atoms with Crippen LogP contribution in [0, 0.1) is 5.92 Å². The van der Waals surface area contributed by atoms with Gasteiger partial charge in [0.05, 0.1) is 19.3 Å². The third-order valence-electron chi connectivity index (χ3n) is 5.82. The summed E-state index contributed by atoms with van der Waals surface area (Å²) in [6.45, 7) is 17.4. The minimum absolute atomic E-state index is 0.00527. The van der Waals surface area contributed by atoms with E-state index in [2.05, 4.69) is 13.8 Å². The summed E-state index contributed by atoms with van der Waals surface area (Å²) in [5, 5.41) is 10.4. The number of carbonyl (C=O) groups is 1. The summed E-state index contributed by atoms with van der Waals surface area (Å²) >= 11 is 0. The summed E-state index contributed by atoms with van der Waals surface area (Å²) in [6, 6.07) is 3.93. The van der Waals surface area contributed by atoms with Gasteiger partial charge in [-0.05, 0) is 55.2 Å². The summed E-state index contributed by atoms with van der Waals surface area (Å²) in [5.74, 6) is -0.263. The Morgan fingerprint density at radius 3 is 1.97 bits per heavy atom. The van der Waals surface area contributed by atoms with Gasteiger partial charge in [0.15, 0.2) is 0 Å². The summed E-state index contributed by atoms with van der Waals surface area (Å²) in [4.78, 5) is 14.0. The fourth-order valence-electron chi connectivity index (χ4n) is 3.91. The zero-order valence-corrected chi connectivity index (χ0v) is 22.3. The van der Waals surface area contributed by atoms with E-state index in [4.69, 9.17) is 8.92 Å². The molecule has 1 amide bonds. The molecule has 0 saturated carbocycles. The lowest BCUT2D eigenvalue weighted by molar-refractivity contribution is 0.0269. The van der Waals surface area contributed by atoms with Crippen LogP contribution in [-0.4, -0.2) is 55.9 Å². The number of nitrogens with zero attached hydrogens (tertiary/aromatic N) is 1. The average Bonchev–Trinajstić information content (AvgIpc) is 3.04. The van der Waals surface area contributed by atoms with E-state index in [9.17, 15) is 18.3 Å². The molecule has 33 heavy (non-hydrogen) atoms. The van der Waals surface area contributed by atoms with Gasteiger partial charge in [-0.1, -0.05) is 53.7 Å². The Morgan fingerprint density at radius 2 is 1.55 bits per heavy atom. The van der Waals surface area contributed by atoms with Crippen LogP contribution in [0.2, 0.25) is 0 Å². The van der Waals surface area contributed by atoms with Gasteiger partial charge in [-0.15, -0.1) is 0 Å². The van der Waals surface area contributed by atoms with Crippen molar-refractivity contribution in [3.05, 3.63) is 28.8 Å². The molecule has 0 aromatic heterocycles. The molecule has 0 radical (unpaired) electrons. The van der Waals surface area contributed by atoms with Crippen molar-refractivity contribution in [1.82, 2.24) is 4.90 Å². The van der Waals surface area contributed by atoms with Crippen LogP contribution in [-0.2, 0) is 19.0 Å². The Morgan fingerprint density at radius 1 is 1.03 bits per heavy atom. The lowest BCUT2D eigenvalue weighted by Crippen LogP contribution is -2.36. The molecular weight excluding hydrogens is 442 g/mol. The van der Waals surface area contributed by atoms with Crippen LogP contribution >= 0.6 is 0 Å². The summed E-state index contributed by atoms with van der Waals surface area (Å²) in [5.41, 5.74) is 1.93. The minimum atomic E-state index is -4.08. The van der Waals surface area contributed by atoms with Gasteiger partial charge < -0.3 is 14.7 Å². The number of aliphatic hydroxyl groups is 1. The molecule has 1 fully saturated rings. The third-order valence-corrected chi connectivity index (χ3v) is 7.24. The molecule has 1 aromatic rings. The fourth-order valence-corrected chi connectivity index (χ4v) is 5.55. The van der Waals surface area contributed by atoms with Gasteiger partial charge in [0.2, 0.25) is 0 Å². The van der Waals surface area contributed by atoms with Crippen molar-refractivity contribution in [3.8, 4) is 0 Å². The maximum absolute atomic E-state index is 13.4. The van der Waals surface area contributed by atoms with Crippen molar-refractivity contribution < 1.29 is 27.2 Å². The number of β-amino-alcohol motifs (C(OH)–C–C–N with tert-alkyl or cyclic N) is 1. The van der Waals surface area contributed by atoms with E-state index < -0.39 is 33.8 Å². The highest BCUT2D eigenvalue weighted by Crippen LogP contribution is 2.36. The number of hydrogen-bond donors (Lipinski definition) is 1. The standard InChI is InChI=1S/C25H41NO6S/c1-15(2)18-10-20(16(3)4)23(21(11-18)17(5)6)33(29,30)31-14-19-12-26(13-22(19)27)24(28)32-25(7,8)9/h10-11,15-17,19,22,27H,12-14H2,1-9H3/t19-,22?/m1/s1. The van der Waals surface area contributed by atoms with Gasteiger partial charge >= 0.3 is 6.09 Å². The average molecular weight is 484 g/mol. The van der Waals surface area contributed by atoms with Crippen LogP contribution in [0.1, 0.15) is 96.8 Å². The van der Waals surface area contributed by atoms with Crippen LogP contribution in [0.25, 0.3) is 0 Å². The first-order valence-corrected chi connectivity index (χ1v) is 13.2. The number of benzene rings is 1. The third kappa shape index (κ3) is 6.93. The second-order valence-corrected chi connectivity index (χ2v) is 12.5. The number of aliphatic hydroxyl groups excluding tert-OH is 1. The van der Waals surface area contributed by atoms with Gasteiger partial charge in [0.25, 0.3) is 10.1 Å². The van der Waals surface area contributed by atoms with Gasteiger partial charge in [-0.2, -0.15) is 8.42 Å². The van der Waals surface area contributed by atoms with Gasteiger partial charge in [-0.25, -0.2) is 4.79 Å². The molecule has 1 N–H and O–H groups in total. The lowest BCUT2D eigenvalue weighted by atomic mass is 9.89. The molecule has 0 bridgehead atoms. The molecule has 0 spiro atoms. The Hall–Kier alpha value is -1.64. The first-order chi connectivity index (χ1) is 15.0. The van der Waals surface area contributed by atoms with E-state index in [0.717, 1.165) is 16.7 Å². The highest BCUT2D eigenvalue weighted by molar-refractivity contribution is 7.86. The Kier molecular flexibility index (Phi) is 8.63. The van der Waals surface area contributed by atoms with Crippen molar-refractivity contribution in [1.29, 1.82) is 0 Å². The highest BCUT2D eigenvalue weighted by atomic mass is 32.2. The first kappa shape index (κ1) is 27.6. The number of ether oxygens (including phenoxy) is 1. The van der Waals surface area contributed by atoms with Crippen LogP contribution in [0.4, 0.5) is 4.79 Å². The number of hydrogen-bond acceptors (Lipinski definition) is 6. The molecular formula is C25H41NO6S. The SMILES string of the molecule is CC(C)c1cc(C(C)C)c(S(=O)(=O)OC[C@H]2CN(C(=O)OC(C)(C)C)CC2O)c(C(C)C)c1. The van der Waals surface area contributed by atoms with Crippen LogP contribution < -0.4 is 0 Å². The van der Waals surface area contributed by atoms with E-state index in [1.54, 1.807) is 20.8 Å². The minimum Gasteiger partial charge on any atom is -0.444 e. The predicted molar refractivity (Wildman–Crippen MR) is 129 cm³/mol. The summed E-state index contributed by atoms with van der Waals surface area (Å²) in [6.07, 6.45) is -1.41. The molecule has 1 unspecified atom stereocenters. The quantitative estimate of drug-likeness (QED) is 0.549. The van der Waals surface area contributed by atoms with Crippen LogP contribution in [0.15, 0.2) is 17.0 Å². The number of likely N-dealkylation sites (tertiary alicyclic amines) is 1. The number of rotatable bonds is 7. The topological polar surface area (TPSA) is 93.1 Å². The molecule has 2 atom stereocenters. The predicted octanol–water partition coefficient (Wildman–Crippen LogP) is 4.99. The highest BCUT2D eigenvalue weighted by Gasteiger charge is 2.38. The molecule has 1 aliphatic heterocycles. The van der Waals surface area contributed by atoms with E-state index in [-0.39, 0.29) is 42.3 Å². The lowest BCUT2D eigenvalue weighted by Gasteiger charge is -2.24. The molecule has 1 aromatic carbocycles. The van der Waals surface area contributed by atoms with Crippen molar-refractivity contribution >= 4 is 16.2 Å². The number of amides is 1. The Labute approximate surface area is 199 Å². The second kappa shape index (κ2) is 10.3. The molecule has 1 aliphatic rings. The smallest absolute Gasteiger partial charge is 0.410 e. The maximum Gasteiger partial charge on any atom is 0.410 e. The normalized spacial score (nSPS) is 19.7. The van der Waals surface area contributed by atoms with Crippen molar-refractivity contribution in [2.45, 2.75) is 96.7 Å². The molecule has 188 valence electrons. The Bertz CT molecular complexity index is 917. The maximum atomic E-state index is 13.4. The fraction of sp³-hybridized carbons (Fsp3) is 0.720. The van der Waals surface area contributed by atoms with E-state index >= 15 is 0 Å². The van der Waals surface area contributed by atoms with Crippen molar-refractivity contribution in [3.63, 3.8) is 0 Å². The monoisotopic (exact) mass is 483 g/mol. The van der Waals surface area contributed by atoms with E-state index in [1.807, 2.05) is 39.8 Å². The Balaban J connectivity index is 2.28. The zero-order valence-electron chi connectivity index (χ0n) is 21.5. The molecule has 8 heteroatoms. The zero-order chi connectivity index (χ0) is 25.3. The van der Waals surface area contributed by atoms with Crippen molar-refractivity contribution in [2.24, 2.45) is 5.92 Å². The van der Waals surface area contributed by atoms with Crippen LogP contribution in [0.3, 0.4) is 0 Å². The molecule has 0 aliphatic carbocycles. The first-order valence-electron chi connectivity index (χ1n) is 11.8. The van der Waals surface area contributed by atoms with E-state index in [0.29, 0.717) is 0 Å². The van der Waals surface area contributed by atoms with Gasteiger partial charge in [0, 0.05) is 12.5 Å². The van der Waals surface area contributed by atoms with E-state index in [1.165, 1.54) is 4.90 Å².